The highest BCUT2D eigenvalue weighted by Gasteiger charge is 2.34. The number of nitrogens with zero attached hydrogens (tertiary/aromatic N) is 3. The summed E-state index contributed by atoms with van der Waals surface area (Å²) >= 11 is 1.06. The van der Waals surface area contributed by atoms with E-state index in [1.807, 2.05) is 0 Å². The van der Waals surface area contributed by atoms with Crippen molar-refractivity contribution in [3.8, 4) is 10.6 Å². The van der Waals surface area contributed by atoms with Gasteiger partial charge in [0, 0.05) is 7.05 Å². The van der Waals surface area contributed by atoms with Crippen LogP contribution in [0.5, 0.6) is 0 Å². The summed E-state index contributed by atoms with van der Waals surface area (Å²) in [6.07, 6.45) is -4.09. The predicted octanol–water partition coefficient (Wildman–Crippen LogP) is 4.60. The third kappa shape index (κ3) is 3.27. The summed E-state index contributed by atoms with van der Waals surface area (Å²) in [4.78, 5) is 13.0. The summed E-state index contributed by atoms with van der Waals surface area (Å²) in [7, 11) is 1.40. The number of para-hydroxylation sites is 1. The minimum absolute atomic E-state index is 0.0619. The van der Waals surface area contributed by atoms with Crippen molar-refractivity contribution in [3.05, 3.63) is 54.0 Å². The standard InChI is InChI=1S/C16H11F4N3OS/c1-22-12(8-14(21-22)16(18,19)20)13-6-7-15(25-13)23(9-24)11-5-3-2-4-10(11)17/h2-9H,1H3. The third-order valence-corrected chi connectivity index (χ3v) is 4.58. The molecule has 0 aliphatic heterocycles. The van der Waals surface area contributed by atoms with E-state index in [0.717, 1.165) is 27.0 Å². The minimum Gasteiger partial charge on any atom is -0.278 e. The minimum atomic E-state index is -4.54. The molecule has 2 aromatic heterocycles. The maximum absolute atomic E-state index is 13.9. The van der Waals surface area contributed by atoms with Gasteiger partial charge in [-0.1, -0.05) is 12.1 Å². The van der Waals surface area contributed by atoms with Crippen molar-refractivity contribution < 1.29 is 22.4 Å². The lowest BCUT2D eigenvalue weighted by Gasteiger charge is -2.15. The van der Waals surface area contributed by atoms with E-state index in [-0.39, 0.29) is 11.4 Å². The first-order valence-corrected chi connectivity index (χ1v) is 7.83. The van der Waals surface area contributed by atoms with Crippen LogP contribution in [0.15, 0.2) is 42.5 Å². The average Bonchev–Trinajstić information content (AvgIpc) is 3.16. The van der Waals surface area contributed by atoms with E-state index in [1.54, 1.807) is 18.2 Å². The smallest absolute Gasteiger partial charge is 0.278 e. The molecule has 3 aromatic rings. The maximum Gasteiger partial charge on any atom is 0.435 e. The van der Waals surface area contributed by atoms with Crippen LogP contribution in [0.1, 0.15) is 5.69 Å². The zero-order valence-corrected chi connectivity index (χ0v) is 13.6. The lowest BCUT2D eigenvalue weighted by atomic mass is 10.3. The van der Waals surface area contributed by atoms with Gasteiger partial charge in [0.2, 0.25) is 6.41 Å². The fraction of sp³-hybridized carbons (Fsp3) is 0.125. The van der Waals surface area contributed by atoms with E-state index >= 15 is 0 Å². The van der Waals surface area contributed by atoms with Crippen molar-refractivity contribution >= 4 is 28.4 Å². The molecule has 4 nitrogen and oxygen atoms in total. The van der Waals surface area contributed by atoms with Crippen LogP contribution in [-0.4, -0.2) is 16.2 Å². The molecular formula is C16H11F4N3OS. The first-order chi connectivity index (χ1) is 11.8. The van der Waals surface area contributed by atoms with Crippen molar-refractivity contribution in [1.29, 1.82) is 0 Å². The molecule has 130 valence electrons. The van der Waals surface area contributed by atoms with E-state index < -0.39 is 17.7 Å². The van der Waals surface area contributed by atoms with Crippen LogP contribution >= 0.6 is 11.3 Å². The zero-order valence-electron chi connectivity index (χ0n) is 12.8. The fourth-order valence-electron chi connectivity index (χ4n) is 2.31. The quantitative estimate of drug-likeness (QED) is 0.498. The van der Waals surface area contributed by atoms with Crippen LogP contribution in [0.4, 0.5) is 28.3 Å². The predicted molar refractivity (Wildman–Crippen MR) is 86.1 cm³/mol. The molecule has 9 heteroatoms. The van der Waals surface area contributed by atoms with E-state index in [4.69, 9.17) is 0 Å². The van der Waals surface area contributed by atoms with Crippen LogP contribution < -0.4 is 4.90 Å². The molecular weight excluding hydrogens is 358 g/mol. The number of aryl methyl sites for hydroxylation is 1. The Hall–Kier alpha value is -2.68. The van der Waals surface area contributed by atoms with E-state index in [0.29, 0.717) is 16.3 Å². The topological polar surface area (TPSA) is 38.1 Å². The summed E-state index contributed by atoms with van der Waals surface area (Å²) in [6.45, 7) is 0. The van der Waals surface area contributed by atoms with Gasteiger partial charge in [-0.15, -0.1) is 11.3 Å². The molecule has 1 aromatic carbocycles. The Morgan fingerprint density at radius 2 is 1.92 bits per heavy atom. The second-order valence-electron chi connectivity index (χ2n) is 5.10. The van der Waals surface area contributed by atoms with Crippen molar-refractivity contribution in [1.82, 2.24) is 9.78 Å². The van der Waals surface area contributed by atoms with E-state index in [9.17, 15) is 22.4 Å². The van der Waals surface area contributed by atoms with Gasteiger partial charge in [0.25, 0.3) is 0 Å². The molecule has 2 heterocycles. The van der Waals surface area contributed by atoms with Crippen molar-refractivity contribution in [2.75, 3.05) is 4.90 Å². The Morgan fingerprint density at radius 1 is 1.20 bits per heavy atom. The Labute approximate surface area is 143 Å². The van der Waals surface area contributed by atoms with Gasteiger partial charge in [-0.25, -0.2) is 4.39 Å². The van der Waals surface area contributed by atoms with Crippen LogP contribution in [0.3, 0.4) is 0 Å². The summed E-state index contributed by atoms with van der Waals surface area (Å²) < 4.78 is 53.4. The molecule has 0 unspecified atom stereocenters. The molecule has 0 saturated heterocycles. The van der Waals surface area contributed by atoms with E-state index in [1.165, 1.54) is 25.2 Å². The number of aromatic nitrogens is 2. The molecule has 0 aliphatic carbocycles. The molecule has 1 amide bonds. The van der Waals surface area contributed by atoms with E-state index in [2.05, 4.69) is 5.10 Å². The van der Waals surface area contributed by atoms with Gasteiger partial charge in [0.05, 0.1) is 16.3 Å². The second kappa shape index (κ2) is 6.32. The zero-order chi connectivity index (χ0) is 18.2. The van der Waals surface area contributed by atoms with Gasteiger partial charge in [0.15, 0.2) is 5.69 Å². The van der Waals surface area contributed by atoms with Gasteiger partial charge >= 0.3 is 6.18 Å². The number of hydrogen-bond donors (Lipinski definition) is 0. The first-order valence-electron chi connectivity index (χ1n) is 7.02. The molecule has 25 heavy (non-hydrogen) atoms. The van der Waals surface area contributed by atoms with Gasteiger partial charge in [0.1, 0.15) is 10.8 Å². The normalized spacial score (nSPS) is 11.6. The summed E-state index contributed by atoms with van der Waals surface area (Å²) in [6, 6.07) is 9.78. The highest BCUT2D eigenvalue weighted by molar-refractivity contribution is 7.19. The van der Waals surface area contributed by atoms with Gasteiger partial charge in [-0.05, 0) is 30.3 Å². The van der Waals surface area contributed by atoms with Crippen molar-refractivity contribution in [2.45, 2.75) is 6.18 Å². The largest absolute Gasteiger partial charge is 0.435 e. The maximum atomic E-state index is 13.9. The number of alkyl halides is 3. The highest BCUT2D eigenvalue weighted by atomic mass is 32.1. The molecule has 0 radical (unpaired) electrons. The Morgan fingerprint density at radius 3 is 2.52 bits per heavy atom. The lowest BCUT2D eigenvalue weighted by Crippen LogP contribution is -2.13. The Bertz CT molecular complexity index is 916. The number of carbonyl (C=O) groups excluding carboxylic acids is 1. The number of halogens is 4. The number of benzene rings is 1. The lowest BCUT2D eigenvalue weighted by molar-refractivity contribution is -0.141. The van der Waals surface area contributed by atoms with Crippen molar-refractivity contribution in [2.24, 2.45) is 7.05 Å². The molecule has 0 bridgehead atoms. The Kier molecular flexibility index (Phi) is 4.34. The average molecular weight is 369 g/mol. The summed E-state index contributed by atoms with van der Waals surface area (Å²) in [5.41, 5.74) is -0.684. The number of anilines is 2. The molecule has 0 fully saturated rings. The molecule has 3 rings (SSSR count). The number of hydrogen-bond acceptors (Lipinski definition) is 3. The fourth-order valence-corrected chi connectivity index (χ4v) is 3.34. The number of carbonyl (C=O) groups is 1. The number of thiophene rings is 1. The van der Waals surface area contributed by atoms with Crippen molar-refractivity contribution in [3.63, 3.8) is 0 Å². The van der Waals surface area contributed by atoms with Gasteiger partial charge in [-0.2, -0.15) is 18.3 Å². The van der Waals surface area contributed by atoms with Crippen LogP contribution in [0.2, 0.25) is 0 Å². The molecule has 0 aliphatic rings. The molecule has 0 spiro atoms. The number of rotatable bonds is 4. The van der Waals surface area contributed by atoms with Gasteiger partial charge < -0.3 is 0 Å². The van der Waals surface area contributed by atoms with Gasteiger partial charge in [-0.3, -0.25) is 14.4 Å². The first kappa shape index (κ1) is 17.2. The second-order valence-corrected chi connectivity index (χ2v) is 6.16. The van der Waals surface area contributed by atoms with Crippen LogP contribution in [0, 0.1) is 5.82 Å². The molecule has 0 saturated carbocycles. The summed E-state index contributed by atoms with van der Waals surface area (Å²) in [5.74, 6) is -0.579. The summed E-state index contributed by atoms with van der Waals surface area (Å²) in [5, 5.41) is 3.84. The highest BCUT2D eigenvalue weighted by Crippen LogP contribution is 2.38. The Balaban J connectivity index is 1.99. The van der Waals surface area contributed by atoms with Crippen LogP contribution in [0.25, 0.3) is 10.6 Å². The monoisotopic (exact) mass is 369 g/mol. The third-order valence-electron chi connectivity index (χ3n) is 3.47. The SMILES string of the molecule is Cn1nc(C(F)(F)F)cc1-c1ccc(N(C=O)c2ccccc2F)s1. The van der Waals surface area contributed by atoms with Crippen LogP contribution in [-0.2, 0) is 18.0 Å². The molecule has 0 N–H and O–H groups in total. The number of amides is 1. The molecule has 0 atom stereocenters.